The first-order valence-electron chi connectivity index (χ1n) is 6.58. The van der Waals surface area contributed by atoms with E-state index < -0.39 is 0 Å². The number of halogens is 1. The molecule has 0 unspecified atom stereocenters. The lowest BCUT2D eigenvalue weighted by Gasteiger charge is -2.03. The van der Waals surface area contributed by atoms with E-state index in [-0.39, 0.29) is 0 Å². The van der Waals surface area contributed by atoms with E-state index in [1.807, 2.05) is 38.1 Å². The number of rotatable bonds is 3. The van der Waals surface area contributed by atoms with Crippen molar-refractivity contribution in [2.75, 3.05) is 7.11 Å². The predicted octanol–water partition coefficient (Wildman–Crippen LogP) is 5.38. The summed E-state index contributed by atoms with van der Waals surface area (Å²) in [7, 11) is 1.67. The van der Waals surface area contributed by atoms with Gasteiger partial charge < -0.3 is 4.74 Å². The molecule has 4 heteroatoms. The summed E-state index contributed by atoms with van der Waals surface area (Å²) < 4.78 is 5.79. The van der Waals surface area contributed by atoms with Gasteiger partial charge in [-0.2, -0.15) is 0 Å². The van der Waals surface area contributed by atoms with E-state index in [9.17, 15) is 0 Å². The summed E-state index contributed by atoms with van der Waals surface area (Å²) in [5.74, 6) is 1.54. The summed E-state index contributed by atoms with van der Waals surface area (Å²) in [5, 5.41) is 0. The molecule has 0 aliphatic heterocycles. The molecule has 0 atom stereocenters. The maximum atomic E-state index is 6.03. The van der Waals surface area contributed by atoms with Gasteiger partial charge in [0.2, 0.25) is 0 Å². The van der Waals surface area contributed by atoms with Crippen LogP contribution in [-0.2, 0) is 0 Å². The van der Waals surface area contributed by atoms with Crippen LogP contribution in [0.5, 0.6) is 5.75 Å². The van der Waals surface area contributed by atoms with Crippen LogP contribution in [0.1, 0.15) is 37.5 Å². The monoisotopic (exact) mass is 295 g/mol. The molecular formula is C15H18ClNOS. The Kier molecular flexibility index (Phi) is 4.83. The van der Waals surface area contributed by atoms with E-state index in [0.717, 1.165) is 17.0 Å². The molecule has 1 aliphatic rings. The zero-order valence-electron chi connectivity index (χ0n) is 11.4. The smallest absolute Gasteiger partial charge is 0.184 e. The first-order valence-corrected chi connectivity index (χ1v) is 7.78. The highest BCUT2D eigenvalue weighted by Gasteiger charge is 2.29. The molecule has 2 aromatic rings. The first-order chi connectivity index (χ1) is 9.28. The van der Waals surface area contributed by atoms with E-state index in [1.54, 1.807) is 18.4 Å². The van der Waals surface area contributed by atoms with Crippen LogP contribution < -0.4 is 4.74 Å². The predicted molar refractivity (Wildman–Crippen MR) is 82.4 cm³/mol. The van der Waals surface area contributed by atoms with Crippen molar-refractivity contribution in [2.45, 2.75) is 32.6 Å². The van der Waals surface area contributed by atoms with Crippen molar-refractivity contribution in [1.82, 2.24) is 4.98 Å². The summed E-state index contributed by atoms with van der Waals surface area (Å²) in [6.45, 7) is 4.00. The highest BCUT2D eigenvalue weighted by Crippen LogP contribution is 2.48. The molecule has 0 bridgehead atoms. The number of thiazole rings is 1. The zero-order chi connectivity index (χ0) is 13.8. The van der Waals surface area contributed by atoms with Crippen LogP contribution in [0.25, 0.3) is 11.3 Å². The minimum absolute atomic E-state index is 0.637. The fraction of sp³-hybridized carbons (Fsp3) is 0.400. The molecule has 0 spiro atoms. The van der Waals surface area contributed by atoms with Crippen molar-refractivity contribution in [3.63, 3.8) is 0 Å². The Bertz CT molecular complexity index is 532. The van der Waals surface area contributed by atoms with Crippen molar-refractivity contribution in [1.29, 1.82) is 0 Å². The second-order valence-electron chi connectivity index (χ2n) is 4.18. The van der Waals surface area contributed by atoms with Gasteiger partial charge in [-0.15, -0.1) is 11.3 Å². The normalized spacial score (nSPS) is 13.7. The van der Waals surface area contributed by atoms with Crippen LogP contribution in [0.4, 0.5) is 0 Å². The first kappa shape index (κ1) is 14.4. The number of hydrogen-bond donors (Lipinski definition) is 0. The third kappa shape index (κ3) is 3.28. The summed E-state index contributed by atoms with van der Waals surface area (Å²) >= 11 is 7.64. The maximum absolute atomic E-state index is 6.03. The second-order valence-corrected chi connectivity index (χ2v) is 5.80. The van der Waals surface area contributed by atoms with Gasteiger partial charge in [0, 0.05) is 10.4 Å². The number of ether oxygens (including phenoxy) is 1. The Balaban J connectivity index is 0.000000637. The van der Waals surface area contributed by atoms with Crippen LogP contribution in [0, 0.1) is 0 Å². The van der Waals surface area contributed by atoms with Gasteiger partial charge >= 0.3 is 0 Å². The largest absolute Gasteiger partial charge is 0.497 e. The standard InChI is InChI=1S/C13H12ClNOS.C2H6/c1-16-10-6-4-8(5-7-10)11-12(9-2-3-9)17-13(14)15-11;1-2/h4-7,9H,2-3H2,1H3;1-2H3. The minimum atomic E-state index is 0.637. The van der Waals surface area contributed by atoms with Crippen molar-refractivity contribution < 1.29 is 4.74 Å². The Morgan fingerprint density at radius 3 is 2.37 bits per heavy atom. The number of aromatic nitrogens is 1. The summed E-state index contributed by atoms with van der Waals surface area (Å²) in [6, 6.07) is 7.99. The fourth-order valence-corrected chi connectivity index (χ4v) is 3.20. The Labute approximate surface area is 123 Å². The van der Waals surface area contributed by atoms with Gasteiger partial charge in [0.25, 0.3) is 0 Å². The lowest BCUT2D eigenvalue weighted by atomic mass is 10.1. The van der Waals surface area contributed by atoms with Crippen LogP contribution >= 0.6 is 22.9 Å². The van der Waals surface area contributed by atoms with Crippen molar-refractivity contribution >= 4 is 22.9 Å². The molecule has 1 saturated carbocycles. The van der Waals surface area contributed by atoms with Crippen LogP contribution in [0.15, 0.2) is 24.3 Å². The highest BCUT2D eigenvalue weighted by atomic mass is 35.5. The molecule has 2 nitrogen and oxygen atoms in total. The fourth-order valence-electron chi connectivity index (χ4n) is 1.88. The van der Waals surface area contributed by atoms with Gasteiger partial charge in [-0.25, -0.2) is 4.98 Å². The molecule has 1 heterocycles. The topological polar surface area (TPSA) is 22.1 Å². The van der Waals surface area contributed by atoms with E-state index >= 15 is 0 Å². The van der Waals surface area contributed by atoms with Gasteiger partial charge in [0.05, 0.1) is 12.8 Å². The number of benzene rings is 1. The van der Waals surface area contributed by atoms with Crippen LogP contribution in [0.3, 0.4) is 0 Å². The molecule has 0 saturated heterocycles. The molecule has 0 amide bonds. The van der Waals surface area contributed by atoms with Gasteiger partial charge in [-0.05, 0) is 43.0 Å². The van der Waals surface area contributed by atoms with Crippen molar-refractivity contribution in [3.8, 4) is 17.0 Å². The average Bonchev–Trinajstić information content (AvgIpc) is 3.24. The molecule has 1 fully saturated rings. The molecular weight excluding hydrogens is 278 g/mol. The van der Waals surface area contributed by atoms with Gasteiger partial charge in [-0.3, -0.25) is 0 Å². The number of nitrogens with zero attached hydrogens (tertiary/aromatic N) is 1. The third-order valence-corrected chi connectivity index (χ3v) is 4.26. The lowest BCUT2D eigenvalue weighted by molar-refractivity contribution is 0.415. The molecule has 0 N–H and O–H groups in total. The molecule has 0 radical (unpaired) electrons. The minimum Gasteiger partial charge on any atom is -0.497 e. The Hall–Kier alpha value is -1.06. The quantitative estimate of drug-likeness (QED) is 0.759. The summed E-state index contributed by atoms with van der Waals surface area (Å²) in [4.78, 5) is 5.77. The summed E-state index contributed by atoms with van der Waals surface area (Å²) in [5.41, 5.74) is 2.17. The highest BCUT2D eigenvalue weighted by molar-refractivity contribution is 7.16. The third-order valence-electron chi connectivity index (χ3n) is 2.94. The number of methoxy groups -OCH3 is 1. The van der Waals surface area contributed by atoms with Crippen molar-refractivity contribution in [2.24, 2.45) is 0 Å². The Morgan fingerprint density at radius 1 is 1.21 bits per heavy atom. The van der Waals surface area contributed by atoms with Crippen LogP contribution in [0.2, 0.25) is 4.47 Å². The molecule has 3 rings (SSSR count). The van der Waals surface area contributed by atoms with Gasteiger partial charge in [-0.1, -0.05) is 25.4 Å². The second kappa shape index (κ2) is 6.40. The molecule has 19 heavy (non-hydrogen) atoms. The average molecular weight is 296 g/mol. The lowest BCUT2D eigenvalue weighted by Crippen LogP contribution is -1.85. The van der Waals surface area contributed by atoms with Crippen LogP contribution in [-0.4, -0.2) is 12.1 Å². The van der Waals surface area contributed by atoms with E-state index in [2.05, 4.69) is 4.98 Å². The molecule has 102 valence electrons. The SMILES string of the molecule is CC.COc1ccc(-c2nc(Cl)sc2C2CC2)cc1. The summed E-state index contributed by atoms with van der Waals surface area (Å²) in [6.07, 6.45) is 2.53. The van der Waals surface area contributed by atoms with Gasteiger partial charge in [0.15, 0.2) is 4.47 Å². The van der Waals surface area contributed by atoms with E-state index in [0.29, 0.717) is 10.4 Å². The number of hydrogen-bond acceptors (Lipinski definition) is 3. The molecule has 1 aliphatic carbocycles. The van der Waals surface area contributed by atoms with Crippen molar-refractivity contribution in [3.05, 3.63) is 33.6 Å². The van der Waals surface area contributed by atoms with Gasteiger partial charge in [0.1, 0.15) is 5.75 Å². The zero-order valence-corrected chi connectivity index (χ0v) is 13.0. The molecule has 1 aromatic heterocycles. The van der Waals surface area contributed by atoms with E-state index in [4.69, 9.17) is 16.3 Å². The molecule has 1 aromatic carbocycles. The maximum Gasteiger partial charge on any atom is 0.184 e. The Morgan fingerprint density at radius 2 is 1.84 bits per heavy atom. The van der Waals surface area contributed by atoms with E-state index in [1.165, 1.54) is 17.7 Å².